The Morgan fingerprint density at radius 1 is 1.69 bits per heavy atom. The van der Waals surface area contributed by atoms with Crippen molar-refractivity contribution in [2.45, 2.75) is 13.3 Å². The van der Waals surface area contributed by atoms with Crippen molar-refractivity contribution in [3.8, 4) is 0 Å². The number of ketones is 1. The first-order valence-corrected chi connectivity index (χ1v) is 5.79. The molecule has 0 aliphatic carbocycles. The van der Waals surface area contributed by atoms with Crippen molar-refractivity contribution >= 4 is 33.0 Å². The number of hydrogen-bond acceptors (Lipinski definition) is 3. The molecule has 1 rings (SSSR count). The van der Waals surface area contributed by atoms with Gasteiger partial charge in [-0.25, -0.2) is 0 Å². The van der Waals surface area contributed by atoms with Crippen molar-refractivity contribution in [1.29, 1.82) is 0 Å². The monoisotopic (exact) mass is 261 g/mol. The molecule has 0 saturated heterocycles. The predicted octanol–water partition coefficient (Wildman–Crippen LogP) is 2.68. The molecule has 0 bridgehead atoms. The van der Waals surface area contributed by atoms with Crippen molar-refractivity contribution in [2.75, 3.05) is 6.54 Å². The highest BCUT2D eigenvalue weighted by atomic mass is 79.9. The number of Topliss-reactive ketones (excluding diaryl/α,β-unsaturated/α-hetero) is 1. The van der Waals surface area contributed by atoms with Gasteiger partial charge in [-0.1, -0.05) is 6.92 Å². The zero-order chi connectivity index (χ0) is 9.84. The van der Waals surface area contributed by atoms with E-state index < -0.39 is 0 Å². The van der Waals surface area contributed by atoms with Crippen molar-refractivity contribution in [3.63, 3.8) is 0 Å². The van der Waals surface area contributed by atoms with Crippen LogP contribution >= 0.6 is 27.3 Å². The lowest BCUT2D eigenvalue weighted by Gasteiger charge is -2.08. The summed E-state index contributed by atoms with van der Waals surface area (Å²) in [5, 5.41) is 0. The molecule has 4 heteroatoms. The Labute approximate surface area is 90.3 Å². The van der Waals surface area contributed by atoms with Crippen molar-refractivity contribution in [2.24, 2.45) is 11.7 Å². The maximum Gasteiger partial charge on any atom is 0.177 e. The van der Waals surface area contributed by atoms with E-state index in [1.807, 2.05) is 19.1 Å². The lowest BCUT2D eigenvalue weighted by Crippen LogP contribution is -2.22. The van der Waals surface area contributed by atoms with E-state index in [1.165, 1.54) is 11.3 Å². The summed E-state index contributed by atoms with van der Waals surface area (Å²) >= 11 is 4.79. The van der Waals surface area contributed by atoms with Gasteiger partial charge in [0.25, 0.3) is 0 Å². The van der Waals surface area contributed by atoms with Crippen LogP contribution in [0.3, 0.4) is 0 Å². The lowest BCUT2D eigenvalue weighted by atomic mass is 10.0. The SMILES string of the molecule is CCC(CN)C(=O)c1ccc(Br)s1. The Balaban J connectivity index is 2.78. The summed E-state index contributed by atoms with van der Waals surface area (Å²) in [5.74, 6) is 0.145. The second-order valence-electron chi connectivity index (χ2n) is 2.81. The first-order chi connectivity index (χ1) is 6.19. The van der Waals surface area contributed by atoms with Gasteiger partial charge in [0.2, 0.25) is 0 Å². The van der Waals surface area contributed by atoms with Crippen LogP contribution in [-0.2, 0) is 0 Å². The highest BCUT2D eigenvalue weighted by Crippen LogP contribution is 2.24. The molecule has 2 N–H and O–H groups in total. The Morgan fingerprint density at radius 3 is 2.77 bits per heavy atom. The Bertz CT molecular complexity index is 294. The van der Waals surface area contributed by atoms with E-state index in [1.54, 1.807) is 0 Å². The molecule has 1 heterocycles. The fourth-order valence-corrected chi connectivity index (χ4v) is 2.51. The minimum atomic E-state index is -0.0226. The molecule has 13 heavy (non-hydrogen) atoms. The highest BCUT2D eigenvalue weighted by molar-refractivity contribution is 9.11. The van der Waals surface area contributed by atoms with E-state index in [0.717, 1.165) is 15.1 Å². The van der Waals surface area contributed by atoms with E-state index in [0.29, 0.717) is 6.54 Å². The number of carbonyl (C=O) groups is 1. The zero-order valence-electron chi connectivity index (χ0n) is 7.42. The molecule has 0 aliphatic heterocycles. The van der Waals surface area contributed by atoms with Gasteiger partial charge in [-0.05, 0) is 34.5 Å². The summed E-state index contributed by atoms with van der Waals surface area (Å²) in [6, 6.07) is 3.73. The number of thiophene rings is 1. The van der Waals surface area contributed by atoms with Crippen LogP contribution in [-0.4, -0.2) is 12.3 Å². The maximum absolute atomic E-state index is 11.7. The first-order valence-electron chi connectivity index (χ1n) is 4.18. The summed E-state index contributed by atoms with van der Waals surface area (Å²) in [4.78, 5) is 12.5. The van der Waals surface area contributed by atoms with Gasteiger partial charge in [0, 0.05) is 12.5 Å². The van der Waals surface area contributed by atoms with Crippen molar-refractivity contribution in [1.82, 2.24) is 0 Å². The predicted molar refractivity (Wildman–Crippen MR) is 59.2 cm³/mol. The average Bonchev–Trinajstić information content (AvgIpc) is 2.54. The molecule has 0 aliphatic rings. The van der Waals surface area contributed by atoms with Crippen LogP contribution in [0.5, 0.6) is 0 Å². The summed E-state index contributed by atoms with van der Waals surface area (Å²) < 4.78 is 0.989. The van der Waals surface area contributed by atoms with E-state index in [2.05, 4.69) is 15.9 Å². The van der Waals surface area contributed by atoms with Gasteiger partial charge in [0.15, 0.2) is 5.78 Å². The Hall–Kier alpha value is -0.190. The van der Waals surface area contributed by atoms with Crippen molar-refractivity contribution < 1.29 is 4.79 Å². The van der Waals surface area contributed by atoms with Crippen LogP contribution in [0.15, 0.2) is 15.9 Å². The first kappa shape index (κ1) is 10.9. The Kier molecular flexibility index (Phi) is 4.09. The average molecular weight is 262 g/mol. The molecule has 1 unspecified atom stereocenters. The van der Waals surface area contributed by atoms with E-state index in [4.69, 9.17) is 5.73 Å². The molecule has 0 aromatic carbocycles. The topological polar surface area (TPSA) is 43.1 Å². The fourth-order valence-electron chi connectivity index (χ4n) is 1.11. The molecule has 2 nitrogen and oxygen atoms in total. The van der Waals surface area contributed by atoms with E-state index >= 15 is 0 Å². The normalized spacial score (nSPS) is 12.8. The summed E-state index contributed by atoms with van der Waals surface area (Å²) in [7, 11) is 0. The molecule has 0 radical (unpaired) electrons. The standard InChI is InChI=1S/C9H12BrNOS/c1-2-6(5-11)9(12)7-3-4-8(10)13-7/h3-4,6H,2,5,11H2,1H3. The van der Waals surface area contributed by atoms with E-state index in [9.17, 15) is 4.79 Å². The molecule has 72 valence electrons. The molecule has 1 aromatic heterocycles. The van der Waals surface area contributed by atoms with Crippen LogP contribution in [0.4, 0.5) is 0 Å². The minimum absolute atomic E-state index is 0.0226. The quantitative estimate of drug-likeness (QED) is 0.848. The maximum atomic E-state index is 11.7. The largest absolute Gasteiger partial charge is 0.330 e. The summed E-state index contributed by atoms with van der Waals surface area (Å²) in [6.07, 6.45) is 0.810. The third-order valence-corrected chi connectivity index (χ3v) is 3.60. The third kappa shape index (κ3) is 2.62. The minimum Gasteiger partial charge on any atom is -0.330 e. The smallest absolute Gasteiger partial charge is 0.177 e. The number of hydrogen-bond donors (Lipinski definition) is 1. The highest BCUT2D eigenvalue weighted by Gasteiger charge is 2.17. The van der Waals surface area contributed by atoms with Crippen LogP contribution in [0.2, 0.25) is 0 Å². The van der Waals surface area contributed by atoms with E-state index in [-0.39, 0.29) is 11.7 Å². The zero-order valence-corrected chi connectivity index (χ0v) is 9.82. The van der Waals surface area contributed by atoms with Crippen LogP contribution in [0.25, 0.3) is 0 Å². The fraction of sp³-hybridized carbons (Fsp3) is 0.444. The number of nitrogens with two attached hydrogens (primary N) is 1. The number of rotatable bonds is 4. The van der Waals surface area contributed by atoms with Gasteiger partial charge in [-0.2, -0.15) is 0 Å². The van der Waals surface area contributed by atoms with Crippen molar-refractivity contribution in [3.05, 3.63) is 20.8 Å². The molecule has 0 amide bonds. The van der Waals surface area contributed by atoms with Crippen LogP contribution < -0.4 is 5.73 Å². The number of carbonyl (C=O) groups excluding carboxylic acids is 1. The lowest BCUT2D eigenvalue weighted by molar-refractivity contribution is 0.0925. The third-order valence-electron chi connectivity index (χ3n) is 1.96. The second-order valence-corrected chi connectivity index (χ2v) is 5.27. The molecular weight excluding hydrogens is 250 g/mol. The second kappa shape index (κ2) is 4.88. The molecule has 1 atom stereocenters. The summed E-state index contributed by atoms with van der Waals surface area (Å²) in [6.45, 7) is 2.42. The molecule has 0 spiro atoms. The van der Waals surface area contributed by atoms with Gasteiger partial charge >= 0.3 is 0 Å². The Morgan fingerprint density at radius 2 is 2.38 bits per heavy atom. The van der Waals surface area contributed by atoms with Gasteiger partial charge in [0.05, 0.1) is 8.66 Å². The van der Waals surface area contributed by atoms with Gasteiger partial charge < -0.3 is 5.73 Å². The van der Waals surface area contributed by atoms with Crippen LogP contribution in [0, 0.1) is 5.92 Å². The molecule has 1 aromatic rings. The molecular formula is C9H12BrNOS. The molecule has 0 saturated carbocycles. The van der Waals surface area contributed by atoms with Crippen LogP contribution in [0.1, 0.15) is 23.0 Å². The van der Waals surface area contributed by atoms with Gasteiger partial charge in [-0.3, -0.25) is 4.79 Å². The summed E-state index contributed by atoms with van der Waals surface area (Å²) in [5.41, 5.74) is 5.50. The molecule has 0 fully saturated rings. The van der Waals surface area contributed by atoms with Gasteiger partial charge in [0.1, 0.15) is 0 Å². The number of halogens is 1. The van der Waals surface area contributed by atoms with Gasteiger partial charge in [-0.15, -0.1) is 11.3 Å².